The van der Waals surface area contributed by atoms with Gasteiger partial charge in [0.1, 0.15) is 0 Å². The van der Waals surface area contributed by atoms with Gasteiger partial charge in [-0.15, -0.1) is 11.3 Å². The van der Waals surface area contributed by atoms with Crippen molar-refractivity contribution in [3.05, 3.63) is 21.9 Å². The van der Waals surface area contributed by atoms with E-state index < -0.39 is 0 Å². The molecule has 0 aliphatic carbocycles. The first-order valence-electron chi connectivity index (χ1n) is 6.30. The molecule has 0 amide bonds. The lowest BCUT2D eigenvalue weighted by Gasteiger charge is -2.03. The van der Waals surface area contributed by atoms with E-state index in [0.717, 1.165) is 24.4 Å². The predicted octanol–water partition coefficient (Wildman–Crippen LogP) is 0.952. The third-order valence-corrected chi connectivity index (χ3v) is 3.53. The Bertz CT molecular complexity index is 367. The summed E-state index contributed by atoms with van der Waals surface area (Å²) >= 11 is 1.62. The van der Waals surface area contributed by atoms with Gasteiger partial charge in [0.15, 0.2) is 0 Å². The first-order valence-corrected chi connectivity index (χ1v) is 7.11. The standard InChI is InChI=1S/C13H21NO4S/c1-17-13(16)9-11-3-4-12(19-11)10-14-5-2-7-18-8-6-15/h3-4,14-15H,2,5-10H2,1H3. The first-order chi connectivity index (χ1) is 9.26. The molecule has 0 saturated heterocycles. The molecular weight excluding hydrogens is 266 g/mol. The van der Waals surface area contributed by atoms with Crippen LogP contribution < -0.4 is 5.32 Å². The molecule has 1 aromatic rings. The summed E-state index contributed by atoms with van der Waals surface area (Å²) in [4.78, 5) is 13.3. The molecule has 0 spiro atoms. The minimum Gasteiger partial charge on any atom is -0.469 e. The highest BCUT2D eigenvalue weighted by Crippen LogP contribution is 2.17. The normalized spacial score (nSPS) is 10.6. The van der Waals surface area contributed by atoms with Crippen LogP contribution in [0, 0.1) is 0 Å². The number of carbonyl (C=O) groups is 1. The summed E-state index contributed by atoms with van der Waals surface area (Å²) in [5.74, 6) is -0.206. The first kappa shape index (κ1) is 16.1. The van der Waals surface area contributed by atoms with Crippen molar-refractivity contribution in [1.82, 2.24) is 5.32 Å². The van der Waals surface area contributed by atoms with E-state index in [-0.39, 0.29) is 12.6 Å². The lowest BCUT2D eigenvalue weighted by atomic mass is 10.3. The summed E-state index contributed by atoms with van der Waals surface area (Å²) in [6.07, 6.45) is 1.26. The predicted molar refractivity (Wildman–Crippen MR) is 74.3 cm³/mol. The lowest BCUT2D eigenvalue weighted by molar-refractivity contribution is -0.139. The van der Waals surface area contributed by atoms with Crippen LogP contribution in [0.5, 0.6) is 0 Å². The maximum Gasteiger partial charge on any atom is 0.310 e. The van der Waals surface area contributed by atoms with Crippen molar-refractivity contribution >= 4 is 17.3 Å². The zero-order valence-electron chi connectivity index (χ0n) is 11.2. The maximum absolute atomic E-state index is 11.1. The topological polar surface area (TPSA) is 67.8 Å². The Labute approximate surface area is 117 Å². The number of aliphatic hydroxyl groups is 1. The van der Waals surface area contributed by atoms with Gasteiger partial charge in [-0.3, -0.25) is 4.79 Å². The molecule has 6 heteroatoms. The van der Waals surface area contributed by atoms with Gasteiger partial charge in [-0.05, 0) is 25.1 Å². The minimum atomic E-state index is -0.206. The molecule has 1 rings (SSSR count). The van der Waals surface area contributed by atoms with Gasteiger partial charge in [0.05, 0.1) is 26.7 Å². The van der Waals surface area contributed by atoms with Gasteiger partial charge in [0.25, 0.3) is 0 Å². The molecule has 19 heavy (non-hydrogen) atoms. The van der Waals surface area contributed by atoms with Crippen LogP contribution in [0.1, 0.15) is 16.2 Å². The number of hydrogen-bond donors (Lipinski definition) is 2. The smallest absolute Gasteiger partial charge is 0.310 e. The van der Waals surface area contributed by atoms with Gasteiger partial charge in [0, 0.05) is 22.9 Å². The third-order valence-electron chi connectivity index (χ3n) is 2.44. The second kappa shape index (κ2) is 9.91. The summed E-state index contributed by atoms with van der Waals surface area (Å²) < 4.78 is 9.79. The number of aliphatic hydroxyl groups excluding tert-OH is 1. The Balaban J connectivity index is 2.11. The van der Waals surface area contributed by atoms with Crippen molar-refractivity contribution < 1.29 is 19.4 Å². The lowest BCUT2D eigenvalue weighted by Crippen LogP contribution is -2.16. The average molecular weight is 287 g/mol. The number of esters is 1. The molecule has 0 atom stereocenters. The van der Waals surface area contributed by atoms with Crippen LogP contribution in [-0.4, -0.2) is 44.6 Å². The summed E-state index contributed by atoms with van der Waals surface area (Å²) in [7, 11) is 1.40. The Morgan fingerprint density at radius 3 is 2.89 bits per heavy atom. The molecule has 0 fully saturated rings. The maximum atomic E-state index is 11.1. The van der Waals surface area contributed by atoms with E-state index in [1.165, 1.54) is 12.0 Å². The fourth-order valence-corrected chi connectivity index (χ4v) is 2.48. The van der Waals surface area contributed by atoms with Crippen molar-refractivity contribution in [3.63, 3.8) is 0 Å². The van der Waals surface area contributed by atoms with Crippen LogP contribution in [0.4, 0.5) is 0 Å². The van der Waals surface area contributed by atoms with Crippen molar-refractivity contribution in [2.24, 2.45) is 0 Å². The van der Waals surface area contributed by atoms with E-state index in [4.69, 9.17) is 9.84 Å². The Hall–Kier alpha value is -0.950. The van der Waals surface area contributed by atoms with Gasteiger partial charge in [-0.25, -0.2) is 0 Å². The second-order valence-electron chi connectivity index (χ2n) is 3.99. The largest absolute Gasteiger partial charge is 0.469 e. The molecule has 0 aliphatic rings. The van der Waals surface area contributed by atoms with Crippen molar-refractivity contribution in [3.8, 4) is 0 Å². The highest BCUT2D eigenvalue weighted by atomic mass is 32.1. The van der Waals surface area contributed by atoms with Crippen LogP contribution in [-0.2, 0) is 27.2 Å². The van der Waals surface area contributed by atoms with Crippen molar-refractivity contribution in [1.29, 1.82) is 0 Å². The number of carbonyl (C=O) groups excluding carboxylic acids is 1. The van der Waals surface area contributed by atoms with Crippen LogP contribution in [0.15, 0.2) is 12.1 Å². The SMILES string of the molecule is COC(=O)Cc1ccc(CNCCCOCCO)s1. The molecule has 2 N–H and O–H groups in total. The molecule has 0 aromatic carbocycles. The van der Waals surface area contributed by atoms with Crippen LogP contribution in [0.3, 0.4) is 0 Å². The Kier molecular flexibility index (Phi) is 8.40. The average Bonchev–Trinajstić information content (AvgIpc) is 2.85. The Morgan fingerprint density at radius 2 is 2.16 bits per heavy atom. The number of ether oxygens (including phenoxy) is 2. The molecule has 0 radical (unpaired) electrons. The van der Waals surface area contributed by atoms with Gasteiger partial charge in [0.2, 0.25) is 0 Å². The van der Waals surface area contributed by atoms with Gasteiger partial charge in [-0.1, -0.05) is 0 Å². The number of rotatable bonds is 10. The quantitative estimate of drug-likeness (QED) is 0.495. The molecule has 0 unspecified atom stereocenters. The van der Waals surface area contributed by atoms with E-state index >= 15 is 0 Å². The van der Waals surface area contributed by atoms with E-state index in [1.54, 1.807) is 11.3 Å². The monoisotopic (exact) mass is 287 g/mol. The number of methoxy groups -OCH3 is 1. The molecule has 108 valence electrons. The van der Waals surface area contributed by atoms with Gasteiger partial charge >= 0.3 is 5.97 Å². The van der Waals surface area contributed by atoms with E-state index in [9.17, 15) is 4.79 Å². The second-order valence-corrected chi connectivity index (χ2v) is 5.24. The molecule has 0 aliphatic heterocycles. The van der Waals surface area contributed by atoms with Crippen LogP contribution >= 0.6 is 11.3 Å². The van der Waals surface area contributed by atoms with Crippen LogP contribution in [0.2, 0.25) is 0 Å². The minimum absolute atomic E-state index is 0.0750. The summed E-state index contributed by atoms with van der Waals surface area (Å²) in [6.45, 7) is 2.81. The van der Waals surface area contributed by atoms with Crippen molar-refractivity contribution in [2.45, 2.75) is 19.4 Å². The van der Waals surface area contributed by atoms with E-state index in [0.29, 0.717) is 19.6 Å². The van der Waals surface area contributed by atoms with E-state index in [2.05, 4.69) is 10.1 Å². The summed E-state index contributed by atoms with van der Waals surface area (Å²) in [5.41, 5.74) is 0. The fourth-order valence-electron chi connectivity index (χ4n) is 1.50. The van der Waals surface area contributed by atoms with Gasteiger partial charge < -0.3 is 19.9 Å². The molecular formula is C13H21NO4S. The van der Waals surface area contributed by atoms with E-state index in [1.807, 2.05) is 12.1 Å². The van der Waals surface area contributed by atoms with Gasteiger partial charge in [-0.2, -0.15) is 0 Å². The highest BCUT2D eigenvalue weighted by molar-refractivity contribution is 7.12. The number of hydrogen-bond acceptors (Lipinski definition) is 6. The number of nitrogens with one attached hydrogen (secondary N) is 1. The summed E-state index contributed by atoms with van der Waals surface area (Å²) in [6, 6.07) is 3.99. The molecule has 1 aromatic heterocycles. The van der Waals surface area contributed by atoms with Crippen LogP contribution in [0.25, 0.3) is 0 Å². The zero-order chi connectivity index (χ0) is 13.9. The third kappa shape index (κ3) is 7.27. The molecule has 5 nitrogen and oxygen atoms in total. The van der Waals surface area contributed by atoms with Crippen molar-refractivity contribution in [2.75, 3.05) is 33.5 Å². The fraction of sp³-hybridized carbons (Fsp3) is 0.615. The zero-order valence-corrected chi connectivity index (χ0v) is 12.0. The molecule has 0 bridgehead atoms. The summed E-state index contributed by atoms with van der Waals surface area (Å²) in [5, 5.41) is 11.8. The highest BCUT2D eigenvalue weighted by Gasteiger charge is 2.05. The number of thiophene rings is 1. The Morgan fingerprint density at radius 1 is 1.37 bits per heavy atom. The molecule has 0 saturated carbocycles. The molecule has 1 heterocycles.